The van der Waals surface area contributed by atoms with Crippen molar-refractivity contribution >= 4 is 0 Å². The van der Waals surface area contributed by atoms with Gasteiger partial charge in [-0.3, -0.25) is 0 Å². The molecule has 2 unspecified atom stereocenters. The standard InChI is InChI=1S/C7H15NO/c1-5-3-9-4-6(2)7(5)8/h5-7H,3-4,8H2,1-2H3. The van der Waals surface area contributed by atoms with Gasteiger partial charge in [0.2, 0.25) is 0 Å². The van der Waals surface area contributed by atoms with E-state index in [0.717, 1.165) is 13.2 Å². The molecular weight excluding hydrogens is 114 g/mol. The number of nitrogens with two attached hydrogens (primary N) is 1. The lowest BCUT2D eigenvalue weighted by Crippen LogP contribution is -2.43. The molecule has 0 amide bonds. The van der Waals surface area contributed by atoms with E-state index in [0.29, 0.717) is 17.9 Å². The van der Waals surface area contributed by atoms with Gasteiger partial charge in [-0.1, -0.05) is 13.8 Å². The minimum absolute atomic E-state index is 0.346. The van der Waals surface area contributed by atoms with Gasteiger partial charge in [-0.25, -0.2) is 0 Å². The van der Waals surface area contributed by atoms with Crippen molar-refractivity contribution in [3.8, 4) is 0 Å². The van der Waals surface area contributed by atoms with Crippen LogP contribution >= 0.6 is 0 Å². The van der Waals surface area contributed by atoms with Crippen LogP contribution in [0.4, 0.5) is 0 Å². The molecule has 0 aromatic heterocycles. The van der Waals surface area contributed by atoms with Crippen molar-refractivity contribution in [2.75, 3.05) is 13.2 Å². The monoisotopic (exact) mass is 129 g/mol. The molecule has 1 heterocycles. The molecule has 0 aromatic rings. The molecule has 1 aliphatic heterocycles. The van der Waals surface area contributed by atoms with Crippen molar-refractivity contribution in [1.29, 1.82) is 0 Å². The molecule has 0 aliphatic carbocycles. The minimum Gasteiger partial charge on any atom is -0.381 e. The summed E-state index contributed by atoms with van der Waals surface area (Å²) in [7, 11) is 0. The maximum Gasteiger partial charge on any atom is 0.0506 e. The zero-order valence-electron chi connectivity index (χ0n) is 6.13. The molecule has 0 aromatic carbocycles. The third kappa shape index (κ3) is 1.43. The molecule has 2 N–H and O–H groups in total. The van der Waals surface area contributed by atoms with Crippen LogP contribution in [0.2, 0.25) is 0 Å². The molecule has 1 fully saturated rings. The molecule has 0 saturated carbocycles. The van der Waals surface area contributed by atoms with Crippen LogP contribution in [0.3, 0.4) is 0 Å². The normalized spacial score (nSPS) is 45.0. The zero-order valence-corrected chi connectivity index (χ0v) is 6.13. The predicted molar refractivity (Wildman–Crippen MR) is 37.1 cm³/mol. The summed E-state index contributed by atoms with van der Waals surface area (Å²) in [4.78, 5) is 0. The van der Waals surface area contributed by atoms with Crippen LogP contribution in [-0.4, -0.2) is 19.3 Å². The smallest absolute Gasteiger partial charge is 0.0506 e. The van der Waals surface area contributed by atoms with Gasteiger partial charge in [0.25, 0.3) is 0 Å². The summed E-state index contributed by atoms with van der Waals surface area (Å²) in [5.41, 5.74) is 5.84. The van der Waals surface area contributed by atoms with E-state index in [1.54, 1.807) is 0 Å². The van der Waals surface area contributed by atoms with Gasteiger partial charge in [0.05, 0.1) is 13.2 Å². The lowest BCUT2D eigenvalue weighted by molar-refractivity contribution is 0.0130. The van der Waals surface area contributed by atoms with Gasteiger partial charge in [-0.15, -0.1) is 0 Å². The van der Waals surface area contributed by atoms with Gasteiger partial charge in [0.1, 0.15) is 0 Å². The lowest BCUT2D eigenvalue weighted by atomic mass is 9.90. The number of ether oxygens (including phenoxy) is 1. The van der Waals surface area contributed by atoms with E-state index in [-0.39, 0.29) is 0 Å². The maximum absolute atomic E-state index is 5.84. The van der Waals surface area contributed by atoms with Crippen LogP contribution in [0, 0.1) is 11.8 Å². The fourth-order valence-electron chi connectivity index (χ4n) is 1.22. The summed E-state index contributed by atoms with van der Waals surface area (Å²) in [6.45, 7) is 5.96. The molecule has 54 valence electrons. The van der Waals surface area contributed by atoms with E-state index in [9.17, 15) is 0 Å². The van der Waals surface area contributed by atoms with Gasteiger partial charge in [-0.2, -0.15) is 0 Å². The Morgan fingerprint density at radius 1 is 1.22 bits per heavy atom. The Labute approximate surface area is 56.4 Å². The molecule has 1 rings (SSSR count). The molecule has 9 heavy (non-hydrogen) atoms. The van der Waals surface area contributed by atoms with Crippen molar-refractivity contribution in [1.82, 2.24) is 0 Å². The average molecular weight is 129 g/mol. The number of hydrogen-bond acceptors (Lipinski definition) is 2. The molecule has 1 aliphatic rings. The molecule has 2 heteroatoms. The molecular formula is C7H15NO. The van der Waals surface area contributed by atoms with Crippen molar-refractivity contribution < 1.29 is 4.74 Å². The molecule has 0 bridgehead atoms. The summed E-state index contributed by atoms with van der Waals surface area (Å²) in [6, 6.07) is 0.346. The minimum atomic E-state index is 0.346. The molecule has 0 spiro atoms. The Morgan fingerprint density at radius 2 is 1.67 bits per heavy atom. The second-order valence-electron chi connectivity index (χ2n) is 3.07. The van der Waals surface area contributed by atoms with E-state index < -0.39 is 0 Å². The molecule has 2 atom stereocenters. The molecule has 2 nitrogen and oxygen atoms in total. The Kier molecular flexibility index (Phi) is 2.09. The van der Waals surface area contributed by atoms with E-state index in [2.05, 4.69) is 13.8 Å². The van der Waals surface area contributed by atoms with Crippen LogP contribution in [0.1, 0.15) is 13.8 Å². The first kappa shape index (κ1) is 7.03. The predicted octanol–water partition coefficient (Wildman–Crippen LogP) is 0.616. The third-order valence-electron chi connectivity index (χ3n) is 2.08. The summed E-state index contributed by atoms with van der Waals surface area (Å²) in [5.74, 6) is 1.07. The topological polar surface area (TPSA) is 35.2 Å². The van der Waals surface area contributed by atoms with Gasteiger partial charge in [-0.05, 0) is 11.8 Å². The third-order valence-corrected chi connectivity index (χ3v) is 2.08. The first-order valence-corrected chi connectivity index (χ1v) is 3.55. The van der Waals surface area contributed by atoms with Gasteiger partial charge in [0, 0.05) is 6.04 Å². The summed E-state index contributed by atoms with van der Waals surface area (Å²) < 4.78 is 5.28. The van der Waals surface area contributed by atoms with Gasteiger partial charge in [0.15, 0.2) is 0 Å². The van der Waals surface area contributed by atoms with Crippen molar-refractivity contribution in [2.24, 2.45) is 17.6 Å². The Bertz CT molecular complexity index is 84.9. The van der Waals surface area contributed by atoms with E-state index >= 15 is 0 Å². The molecule has 1 saturated heterocycles. The van der Waals surface area contributed by atoms with Crippen LogP contribution in [0.15, 0.2) is 0 Å². The largest absolute Gasteiger partial charge is 0.381 e. The quantitative estimate of drug-likeness (QED) is 0.520. The van der Waals surface area contributed by atoms with Crippen molar-refractivity contribution in [3.05, 3.63) is 0 Å². The van der Waals surface area contributed by atoms with E-state index in [1.807, 2.05) is 0 Å². The second kappa shape index (κ2) is 2.67. The van der Waals surface area contributed by atoms with Crippen LogP contribution < -0.4 is 5.73 Å². The Morgan fingerprint density at radius 3 is 2.00 bits per heavy atom. The van der Waals surface area contributed by atoms with Crippen LogP contribution in [0.25, 0.3) is 0 Å². The van der Waals surface area contributed by atoms with E-state index in [4.69, 9.17) is 10.5 Å². The summed E-state index contributed by atoms with van der Waals surface area (Å²) >= 11 is 0. The fraction of sp³-hybridized carbons (Fsp3) is 1.00. The van der Waals surface area contributed by atoms with Gasteiger partial charge < -0.3 is 10.5 Å². The Hall–Kier alpha value is -0.0800. The second-order valence-corrected chi connectivity index (χ2v) is 3.07. The number of hydrogen-bond donors (Lipinski definition) is 1. The SMILES string of the molecule is CC1COCC(C)C1N. The van der Waals surface area contributed by atoms with Crippen molar-refractivity contribution in [2.45, 2.75) is 19.9 Å². The first-order valence-electron chi connectivity index (χ1n) is 3.55. The highest BCUT2D eigenvalue weighted by molar-refractivity contribution is 4.78. The van der Waals surface area contributed by atoms with Crippen LogP contribution in [0.5, 0.6) is 0 Å². The fourth-order valence-corrected chi connectivity index (χ4v) is 1.22. The van der Waals surface area contributed by atoms with Crippen molar-refractivity contribution in [3.63, 3.8) is 0 Å². The highest BCUT2D eigenvalue weighted by atomic mass is 16.5. The van der Waals surface area contributed by atoms with Gasteiger partial charge >= 0.3 is 0 Å². The highest BCUT2D eigenvalue weighted by Gasteiger charge is 2.24. The molecule has 0 radical (unpaired) electrons. The first-order chi connectivity index (χ1) is 4.22. The Balaban J connectivity index is 2.41. The average Bonchev–Trinajstić information content (AvgIpc) is 1.83. The number of rotatable bonds is 0. The maximum atomic E-state index is 5.84. The summed E-state index contributed by atoms with van der Waals surface area (Å²) in [5, 5.41) is 0. The zero-order chi connectivity index (χ0) is 6.85. The summed E-state index contributed by atoms with van der Waals surface area (Å²) in [6.07, 6.45) is 0. The van der Waals surface area contributed by atoms with E-state index in [1.165, 1.54) is 0 Å². The van der Waals surface area contributed by atoms with Crippen LogP contribution in [-0.2, 0) is 4.74 Å². The highest BCUT2D eigenvalue weighted by Crippen LogP contribution is 2.16. The lowest BCUT2D eigenvalue weighted by Gasteiger charge is -2.31.